The van der Waals surface area contributed by atoms with Gasteiger partial charge in [0.15, 0.2) is 5.57 Å². The van der Waals surface area contributed by atoms with Crippen LogP contribution in [0.3, 0.4) is 0 Å². The topological polar surface area (TPSA) is 86.8 Å². The van der Waals surface area contributed by atoms with Gasteiger partial charge in [0.2, 0.25) is 5.88 Å². The number of esters is 2. The number of ether oxygens (including phenoxy) is 3. The van der Waals surface area contributed by atoms with Gasteiger partial charge >= 0.3 is 11.9 Å². The second-order valence-corrected chi connectivity index (χ2v) is 4.93. The van der Waals surface area contributed by atoms with E-state index in [0.717, 1.165) is 5.56 Å². The van der Waals surface area contributed by atoms with Crippen LogP contribution in [0.25, 0.3) is 0 Å². The van der Waals surface area contributed by atoms with Crippen molar-refractivity contribution in [1.29, 1.82) is 0 Å². The highest BCUT2D eigenvalue weighted by molar-refractivity contribution is 6.15. The molecule has 7 nitrogen and oxygen atoms in total. The van der Waals surface area contributed by atoms with Crippen molar-refractivity contribution < 1.29 is 23.8 Å². The summed E-state index contributed by atoms with van der Waals surface area (Å²) in [6, 6.07) is 1.77. The summed E-state index contributed by atoms with van der Waals surface area (Å²) in [6.07, 6.45) is 2.76. The molecule has 0 saturated carbocycles. The van der Waals surface area contributed by atoms with E-state index in [1.54, 1.807) is 6.07 Å². The number of aromatic nitrogens is 1. The molecule has 0 aromatic carbocycles. The Bertz CT molecular complexity index is 600. The molecule has 1 aliphatic rings. The smallest absolute Gasteiger partial charge is 0.350 e. The molecule has 2 rings (SSSR count). The summed E-state index contributed by atoms with van der Waals surface area (Å²) in [6.45, 7) is 4.81. The fourth-order valence-corrected chi connectivity index (χ4v) is 1.79. The van der Waals surface area contributed by atoms with Gasteiger partial charge in [-0.25, -0.2) is 14.6 Å². The largest absolute Gasteiger partial charge is 0.481 e. The second-order valence-electron chi connectivity index (χ2n) is 4.93. The van der Waals surface area contributed by atoms with Gasteiger partial charge in [0.05, 0.1) is 19.0 Å². The van der Waals surface area contributed by atoms with Crippen LogP contribution in [0.1, 0.15) is 19.4 Å². The van der Waals surface area contributed by atoms with E-state index < -0.39 is 17.7 Å². The first kappa shape index (κ1) is 14.8. The molecule has 0 aliphatic carbocycles. The van der Waals surface area contributed by atoms with E-state index in [9.17, 15) is 9.59 Å². The van der Waals surface area contributed by atoms with E-state index in [1.807, 2.05) is 6.92 Å². The summed E-state index contributed by atoms with van der Waals surface area (Å²) in [5, 5.41) is 2.81. The predicted octanol–water partition coefficient (Wildman–Crippen LogP) is 1.53. The maximum Gasteiger partial charge on any atom is 0.350 e. The Kier molecular flexibility index (Phi) is 3.84. The fourth-order valence-electron chi connectivity index (χ4n) is 1.79. The van der Waals surface area contributed by atoms with Crippen LogP contribution in [-0.4, -0.2) is 29.8 Å². The molecule has 0 spiro atoms. The number of hydrogen-bond acceptors (Lipinski definition) is 7. The van der Waals surface area contributed by atoms with Gasteiger partial charge in [0.1, 0.15) is 0 Å². The number of pyridine rings is 1. The van der Waals surface area contributed by atoms with Crippen LogP contribution in [0.4, 0.5) is 5.69 Å². The summed E-state index contributed by atoms with van der Waals surface area (Å²) in [5.74, 6) is -2.21. The minimum atomic E-state index is -1.25. The lowest BCUT2D eigenvalue weighted by atomic mass is 10.2. The standard InChI is InChI=1S/C14H16N2O5/c1-8-5-9(6-16-11(8)19-4)15-7-10-12(17)20-14(2,3)21-13(10)18/h5-7,15H,1-4H3. The first-order valence-corrected chi connectivity index (χ1v) is 6.26. The van der Waals surface area contributed by atoms with Crippen molar-refractivity contribution >= 4 is 17.6 Å². The van der Waals surface area contributed by atoms with Gasteiger partial charge in [0.25, 0.3) is 5.79 Å². The lowest BCUT2D eigenvalue weighted by Gasteiger charge is -2.29. The van der Waals surface area contributed by atoms with E-state index >= 15 is 0 Å². The average Bonchev–Trinajstić information content (AvgIpc) is 2.36. The molecule has 1 aliphatic heterocycles. The number of carbonyl (C=O) groups is 2. The minimum Gasteiger partial charge on any atom is -0.481 e. The van der Waals surface area contributed by atoms with Gasteiger partial charge in [-0.15, -0.1) is 0 Å². The Hall–Kier alpha value is -2.57. The first-order valence-electron chi connectivity index (χ1n) is 6.26. The van der Waals surface area contributed by atoms with Gasteiger partial charge in [0, 0.05) is 25.6 Å². The quantitative estimate of drug-likeness (QED) is 0.513. The molecule has 0 unspecified atom stereocenters. The molecule has 1 aromatic heterocycles. The zero-order valence-electron chi connectivity index (χ0n) is 12.2. The molecule has 1 aromatic rings. The number of anilines is 1. The van der Waals surface area contributed by atoms with Crippen molar-refractivity contribution in [3.8, 4) is 5.88 Å². The number of methoxy groups -OCH3 is 1. The van der Waals surface area contributed by atoms with Crippen LogP contribution >= 0.6 is 0 Å². The third kappa shape index (κ3) is 3.31. The van der Waals surface area contributed by atoms with Crippen LogP contribution < -0.4 is 10.1 Å². The molecule has 1 N–H and O–H groups in total. The highest BCUT2D eigenvalue weighted by atomic mass is 16.7. The van der Waals surface area contributed by atoms with E-state index in [4.69, 9.17) is 14.2 Å². The Morgan fingerprint density at radius 3 is 2.43 bits per heavy atom. The van der Waals surface area contributed by atoms with Crippen molar-refractivity contribution in [2.75, 3.05) is 12.4 Å². The Morgan fingerprint density at radius 2 is 1.90 bits per heavy atom. The number of cyclic esters (lactones) is 2. The third-order valence-electron chi connectivity index (χ3n) is 2.72. The lowest BCUT2D eigenvalue weighted by Crippen LogP contribution is -2.42. The molecule has 7 heteroatoms. The normalized spacial score (nSPS) is 16.9. The highest BCUT2D eigenvalue weighted by Crippen LogP contribution is 2.23. The number of aryl methyl sites for hydroxylation is 1. The third-order valence-corrected chi connectivity index (χ3v) is 2.72. The second kappa shape index (κ2) is 5.43. The lowest BCUT2D eigenvalue weighted by molar-refractivity contribution is -0.222. The van der Waals surface area contributed by atoms with Crippen molar-refractivity contribution in [3.05, 3.63) is 29.6 Å². The van der Waals surface area contributed by atoms with Crippen LogP contribution in [0.2, 0.25) is 0 Å². The van der Waals surface area contributed by atoms with Gasteiger partial charge in [-0.1, -0.05) is 0 Å². The van der Waals surface area contributed by atoms with E-state index in [0.29, 0.717) is 11.6 Å². The molecule has 1 fully saturated rings. The van der Waals surface area contributed by atoms with E-state index in [2.05, 4.69) is 10.3 Å². The number of hydrogen-bond donors (Lipinski definition) is 1. The molecule has 21 heavy (non-hydrogen) atoms. The van der Waals surface area contributed by atoms with E-state index in [-0.39, 0.29) is 5.57 Å². The number of rotatable bonds is 3. The van der Waals surface area contributed by atoms with Crippen LogP contribution in [0.15, 0.2) is 24.0 Å². The zero-order chi connectivity index (χ0) is 15.6. The van der Waals surface area contributed by atoms with Gasteiger partial charge < -0.3 is 19.5 Å². The maximum atomic E-state index is 11.7. The number of nitrogens with one attached hydrogen (secondary N) is 1. The summed E-state index contributed by atoms with van der Waals surface area (Å²) in [4.78, 5) is 27.6. The Morgan fingerprint density at radius 1 is 1.29 bits per heavy atom. The monoisotopic (exact) mass is 292 g/mol. The van der Waals surface area contributed by atoms with Gasteiger partial charge in [-0.05, 0) is 13.0 Å². The Labute approximate surface area is 121 Å². The van der Waals surface area contributed by atoms with Crippen molar-refractivity contribution in [2.45, 2.75) is 26.6 Å². The maximum absolute atomic E-state index is 11.7. The van der Waals surface area contributed by atoms with Crippen LogP contribution in [0, 0.1) is 6.92 Å². The molecule has 0 radical (unpaired) electrons. The molecular formula is C14H16N2O5. The van der Waals surface area contributed by atoms with Crippen LogP contribution in [0.5, 0.6) is 5.88 Å². The Balaban J connectivity index is 2.16. The molecule has 0 atom stereocenters. The molecule has 2 heterocycles. The van der Waals surface area contributed by atoms with E-state index in [1.165, 1.54) is 33.4 Å². The van der Waals surface area contributed by atoms with Crippen LogP contribution in [-0.2, 0) is 19.1 Å². The number of nitrogens with zero attached hydrogens (tertiary/aromatic N) is 1. The van der Waals surface area contributed by atoms with Crippen molar-refractivity contribution in [1.82, 2.24) is 4.98 Å². The number of carbonyl (C=O) groups excluding carboxylic acids is 2. The van der Waals surface area contributed by atoms with Gasteiger partial charge in [-0.2, -0.15) is 0 Å². The summed E-state index contributed by atoms with van der Waals surface area (Å²) in [7, 11) is 1.53. The van der Waals surface area contributed by atoms with Gasteiger partial charge in [-0.3, -0.25) is 0 Å². The molecule has 0 amide bonds. The summed E-state index contributed by atoms with van der Waals surface area (Å²) >= 11 is 0. The van der Waals surface area contributed by atoms with Crippen molar-refractivity contribution in [3.63, 3.8) is 0 Å². The molecule has 1 saturated heterocycles. The summed E-state index contributed by atoms with van der Waals surface area (Å²) < 4.78 is 15.0. The SMILES string of the molecule is COc1ncc(NC=C2C(=O)OC(C)(C)OC2=O)cc1C. The minimum absolute atomic E-state index is 0.206. The predicted molar refractivity (Wildman–Crippen MR) is 73.5 cm³/mol. The molecular weight excluding hydrogens is 276 g/mol. The first-order chi connectivity index (χ1) is 9.82. The van der Waals surface area contributed by atoms with Crippen molar-refractivity contribution in [2.24, 2.45) is 0 Å². The summed E-state index contributed by atoms with van der Waals surface area (Å²) in [5.41, 5.74) is 1.21. The molecule has 112 valence electrons. The molecule has 0 bridgehead atoms. The average molecular weight is 292 g/mol. The fraction of sp³-hybridized carbons (Fsp3) is 0.357. The highest BCUT2D eigenvalue weighted by Gasteiger charge is 2.38. The zero-order valence-corrected chi connectivity index (χ0v) is 12.2.